The van der Waals surface area contributed by atoms with Gasteiger partial charge in [-0.2, -0.15) is 0 Å². The summed E-state index contributed by atoms with van der Waals surface area (Å²) in [6, 6.07) is 0. The van der Waals surface area contributed by atoms with E-state index < -0.39 is 97.5 Å². The lowest BCUT2D eigenvalue weighted by Crippen LogP contribution is -2.30. The predicted molar refractivity (Wildman–Crippen MR) is 391 cm³/mol. The van der Waals surface area contributed by atoms with Crippen LogP contribution < -0.4 is 0 Å². The number of carbonyl (C=O) groups is 4. The highest BCUT2D eigenvalue weighted by Gasteiger charge is 2.30. The summed E-state index contributed by atoms with van der Waals surface area (Å²) in [7, 11) is -9.91. The number of esters is 4. The first kappa shape index (κ1) is 94.1. The van der Waals surface area contributed by atoms with Crippen LogP contribution in [0.5, 0.6) is 0 Å². The molecule has 0 aromatic carbocycles. The summed E-state index contributed by atoms with van der Waals surface area (Å²) in [4.78, 5) is 72.8. The Morgan fingerprint density at radius 2 is 0.479 bits per heavy atom. The molecule has 2 unspecified atom stereocenters. The van der Waals surface area contributed by atoms with Gasteiger partial charge < -0.3 is 33.8 Å². The van der Waals surface area contributed by atoms with Gasteiger partial charge in [-0.05, 0) is 37.5 Å². The van der Waals surface area contributed by atoms with Crippen molar-refractivity contribution < 1.29 is 80.2 Å². The minimum atomic E-state index is -4.96. The van der Waals surface area contributed by atoms with E-state index in [1.54, 1.807) is 0 Å². The van der Waals surface area contributed by atoms with Crippen LogP contribution in [0.1, 0.15) is 401 Å². The van der Waals surface area contributed by atoms with Gasteiger partial charge in [0, 0.05) is 25.7 Å². The SMILES string of the molecule is CCCCCCCCCCCCCCCCCCCCC(=O)O[C@H](COC(=O)CCCCCCCCCCCCCCCC(C)C)COP(=O)(O)OC[C@@H](O)COP(=O)(O)OC[C@@H](COC(=O)CCCCCCCCCCC)OC(=O)CCCCCCCCCCCCC(C)C. The molecule has 0 fully saturated rings. The Labute approximate surface area is 588 Å². The summed E-state index contributed by atoms with van der Waals surface area (Å²) in [6.07, 6.45) is 56.9. The van der Waals surface area contributed by atoms with Gasteiger partial charge in [0.1, 0.15) is 19.3 Å². The Kier molecular flexibility index (Phi) is 67.4. The number of unbranched alkanes of at least 4 members (excludes halogenated alkanes) is 46. The highest BCUT2D eigenvalue weighted by atomic mass is 31.2. The van der Waals surface area contributed by atoms with Gasteiger partial charge in [0.15, 0.2) is 12.2 Å². The van der Waals surface area contributed by atoms with E-state index in [1.165, 1.54) is 218 Å². The van der Waals surface area contributed by atoms with Gasteiger partial charge in [0.2, 0.25) is 0 Å². The maximum absolute atomic E-state index is 13.1. The average molecular weight is 1410 g/mol. The van der Waals surface area contributed by atoms with Gasteiger partial charge in [-0.3, -0.25) is 37.3 Å². The molecule has 19 heteroatoms. The molecule has 3 N–H and O–H groups in total. The number of aliphatic hydroxyl groups is 1. The molecule has 0 bridgehead atoms. The van der Waals surface area contributed by atoms with E-state index >= 15 is 0 Å². The molecule has 0 spiro atoms. The number of ether oxygens (including phenoxy) is 4. The molecule has 570 valence electrons. The number of hydrogen-bond acceptors (Lipinski definition) is 15. The fourth-order valence-electron chi connectivity index (χ4n) is 11.8. The second-order valence-electron chi connectivity index (χ2n) is 28.7. The monoisotopic (exact) mass is 1410 g/mol. The molecule has 0 saturated heterocycles. The second-order valence-corrected chi connectivity index (χ2v) is 31.6. The molecular formula is C77H150O17P2. The zero-order valence-electron chi connectivity index (χ0n) is 62.7. The van der Waals surface area contributed by atoms with E-state index in [-0.39, 0.29) is 25.7 Å². The third-order valence-electron chi connectivity index (χ3n) is 18.0. The topological polar surface area (TPSA) is 237 Å². The Bertz CT molecular complexity index is 1860. The molecule has 0 aromatic rings. The summed E-state index contributed by atoms with van der Waals surface area (Å²) in [5.74, 6) is -0.571. The summed E-state index contributed by atoms with van der Waals surface area (Å²) >= 11 is 0. The van der Waals surface area contributed by atoms with E-state index in [9.17, 15) is 43.2 Å². The number of phosphoric ester groups is 2. The fraction of sp³-hybridized carbons (Fsp3) is 0.948. The maximum Gasteiger partial charge on any atom is 0.472 e. The molecule has 0 aliphatic heterocycles. The standard InChI is InChI=1S/C77H150O17P2/c1-7-9-11-13-15-17-18-19-20-21-22-23-26-30-37-43-49-55-61-76(81)93-73(66-88-75(80)60-54-48-42-36-29-27-24-25-28-34-39-45-51-57-69(3)4)68-92-96(85,86)90-64-71(78)63-89-95(83,84)91-67-72(65-87-74(79)59-53-47-41-33-16-14-12-10-8-2)94-77(82)62-56-50-44-38-32-31-35-40-46-52-58-70(5)6/h69-73,78H,7-68H2,1-6H3,(H,83,84)(H,85,86)/t71-,72+,73+/m0/s1. The van der Waals surface area contributed by atoms with Crippen molar-refractivity contribution in [3.8, 4) is 0 Å². The van der Waals surface area contributed by atoms with Gasteiger partial charge in [-0.25, -0.2) is 9.13 Å². The average Bonchev–Trinajstić information content (AvgIpc) is 1.50. The molecule has 0 aliphatic rings. The van der Waals surface area contributed by atoms with E-state index in [1.807, 2.05) is 0 Å². The van der Waals surface area contributed by atoms with Crippen LogP contribution >= 0.6 is 15.6 Å². The molecule has 96 heavy (non-hydrogen) atoms. The number of phosphoric acid groups is 2. The molecule has 0 heterocycles. The molecule has 0 saturated carbocycles. The van der Waals surface area contributed by atoms with E-state index in [0.29, 0.717) is 25.7 Å². The van der Waals surface area contributed by atoms with E-state index in [0.717, 1.165) is 102 Å². The van der Waals surface area contributed by atoms with Crippen LogP contribution in [-0.2, 0) is 65.4 Å². The van der Waals surface area contributed by atoms with Crippen molar-refractivity contribution >= 4 is 39.5 Å². The minimum absolute atomic E-state index is 0.106. The Hall–Kier alpha value is -1.94. The van der Waals surface area contributed by atoms with Crippen molar-refractivity contribution in [1.29, 1.82) is 0 Å². The second kappa shape index (κ2) is 68.8. The van der Waals surface area contributed by atoms with Gasteiger partial charge in [-0.1, -0.05) is 350 Å². The predicted octanol–water partition coefficient (Wildman–Crippen LogP) is 22.7. The van der Waals surface area contributed by atoms with Gasteiger partial charge >= 0.3 is 39.5 Å². The fourth-order valence-corrected chi connectivity index (χ4v) is 13.4. The molecule has 0 amide bonds. The molecular weight excluding hydrogens is 1260 g/mol. The number of carbonyl (C=O) groups excluding carboxylic acids is 4. The van der Waals surface area contributed by atoms with Crippen LogP contribution in [0.4, 0.5) is 0 Å². The largest absolute Gasteiger partial charge is 0.472 e. The third kappa shape index (κ3) is 70.5. The zero-order chi connectivity index (χ0) is 70.7. The molecule has 5 atom stereocenters. The highest BCUT2D eigenvalue weighted by molar-refractivity contribution is 7.47. The normalized spacial score (nSPS) is 14.0. The van der Waals surface area contributed by atoms with Crippen LogP contribution in [0.2, 0.25) is 0 Å². The van der Waals surface area contributed by atoms with Gasteiger partial charge in [0.05, 0.1) is 26.4 Å². The minimum Gasteiger partial charge on any atom is -0.462 e. The van der Waals surface area contributed by atoms with Crippen LogP contribution in [0, 0.1) is 11.8 Å². The van der Waals surface area contributed by atoms with Crippen molar-refractivity contribution in [3.05, 3.63) is 0 Å². The van der Waals surface area contributed by atoms with Crippen molar-refractivity contribution in [2.75, 3.05) is 39.6 Å². The molecule has 0 rings (SSSR count). The third-order valence-corrected chi connectivity index (χ3v) is 19.9. The Balaban J connectivity index is 5.23. The first-order chi connectivity index (χ1) is 46.4. The van der Waals surface area contributed by atoms with Gasteiger partial charge in [0.25, 0.3) is 0 Å². The summed E-state index contributed by atoms with van der Waals surface area (Å²) in [5, 5.41) is 10.6. The van der Waals surface area contributed by atoms with Crippen LogP contribution in [0.15, 0.2) is 0 Å². The summed E-state index contributed by atoms with van der Waals surface area (Å²) in [5.41, 5.74) is 0. The quantitative estimate of drug-likeness (QED) is 0.0222. The van der Waals surface area contributed by atoms with Gasteiger partial charge in [-0.15, -0.1) is 0 Å². The van der Waals surface area contributed by atoms with Crippen LogP contribution in [0.3, 0.4) is 0 Å². The maximum atomic E-state index is 13.1. The molecule has 0 aliphatic carbocycles. The lowest BCUT2D eigenvalue weighted by Gasteiger charge is -2.21. The van der Waals surface area contributed by atoms with E-state index in [4.69, 9.17) is 37.0 Å². The van der Waals surface area contributed by atoms with Crippen molar-refractivity contribution in [3.63, 3.8) is 0 Å². The number of hydrogen-bond donors (Lipinski definition) is 3. The lowest BCUT2D eigenvalue weighted by atomic mass is 10.0. The molecule has 0 aromatic heterocycles. The first-order valence-corrected chi connectivity index (χ1v) is 43.0. The molecule has 17 nitrogen and oxygen atoms in total. The Morgan fingerprint density at radius 1 is 0.281 bits per heavy atom. The smallest absolute Gasteiger partial charge is 0.462 e. The first-order valence-electron chi connectivity index (χ1n) is 40.0. The zero-order valence-corrected chi connectivity index (χ0v) is 64.5. The van der Waals surface area contributed by atoms with Crippen molar-refractivity contribution in [1.82, 2.24) is 0 Å². The lowest BCUT2D eigenvalue weighted by molar-refractivity contribution is -0.161. The molecule has 0 radical (unpaired) electrons. The van der Waals surface area contributed by atoms with Crippen molar-refractivity contribution in [2.24, 2.45) is 11.8 Å². The number of rotatable bonds is 76. The van der Waals surface area contributed by atoms with Crippen LogP contribution in [0.25, 0.3) is 0 Å². The summed E-state index contributed by atoms with van der Waals surface area (Å²) in [6.45, 7) is 9.60. The van der Waals surface area contributed by atoms with E-state index in [2.05, 4.69) is 41.5 Å². The highest BCUT2D eigenvalue weighted by Crippen LogP contribution is 2.45. The van der Waals surface area contributed by atoms with Crippen LogP contribution in [-0.4, -0.2) is 96.7 Å². The van der Waals surface area contributed by atoms with Crippen molar-refractivity contribution in [2.45, 2.75) is 419 Å². The Morgan fingerprint density at radius 3 is 0.708 bits per heavy atom. The summed E-state index contributed by atoms with van der Waals surface area (Å²) < 4.78 is 68.5. The number of aliphatic hydroxyl groups excluding tert-OH is 1.